The van der Waals surface area contributed by atoms with Crippen LogP contribution in [0.25, 0.3) is 11.0 Å². The third kappa shape index (κ3) is 2.63. The van der Waals surface area contributed by atoms with Crippen LogP contribution in [-0.4, -0.2) is 20.7 Å². The summed E-state index contributed by atoms with van der Waals surface area (Å²) in [6.45, 7) is 0. The van der Waals surface area contributed by atoms with Gasteiger partial charge in [-0.1, -0.05) is 18.2 Å². The smallest absolute Gasteiger partial charge is 0.196 e. The van der Waals surface area contributed by atoms with Gasteiger partial charge < -0.3 is 10.3 Å². The summed E-state index contributed by atoms with van der Waals surface area (Å²) in [6, 6.07) is 15.3. The first-order chi connectivity index (χ1) is 11.8. The highest BCUT2D eigenvalue weighted by Crippen LogP contribution is 2.24. The molecule has 0 amide bonds. The molecule has 4 aromatic rings. The Hall–Kier alpha value is -3.47. The van der Waals surface area contributed by atoms with Crippen molar-refractivity contribution in [2.24, 2.45) is 0 Å². The number of hydrogen-bond donors (Lipinski definition) is 2. The number of anilines is 2. The molecule has 24 heavy (non-hydrogen) atoms. The number of rotatable bonds is 4. The lowest BCUT2D eigenvalue weighted by molar-refractivity contribution is 0.104. The third-order valence-corrected chi connectivity index (χ3v) is 3.76. The lowest BCUT2D eigenvalue weighted by Crippen LogP contribution is -2.01. The number of benzene rings is 1. The first-order valence-corrected chi connectivity index (χ1v) is 7.55. The number of nitrogens with one attached hydrogen (secondary N) is 2. The highest BCUT2D eigenvalue weighted by atomic mass is 16.1. The van der Waals surface area contributed by atoms with Crippen LogP contribution in [-0.2, 0) is 0 Å². The number of H-pyrrole nitrogens is 1. The minimum Gasteiger partial charge on any atom is -0.354 e. The van der Waals surface area contributed by atoms with Crippen molar-refractivity contribution in [2.75, 3.05) is 5.32 Å². The van der Waals surface area contributed by atoms with Gasteiger partial charge in [0.15, 0.2) is 5.78 Å². The number of pyridine rings is 2. The Morgan fingerprint density at radius 2 is 1.88 bits per heavy atom. The van der Waals surface area contributed by atoms with E-state index in [2.05, 4.69) is 20.3 Å². The normalized spacial score (nSPS) is 10.7. The van der Waals surface area contributed by atoms with Gasteiger partial charge >= 0.3 is 0 Å². The highest BCUT2D eigenvalue weighted by Gasteiger charge is 2.15. The molecule has 116 valence electrons. The van der Waals surface area contributed by atoms with Crippen molar-refractivity contribution in [1.29, 1.82) is 0 Å². The molecule has 0 atom stereocenters. The fourth-order valence-electron chi connectivity index (χ4n) is 2.60. The molecule has 0 radical (unpaired) electrons. The van der Waals surface area contributed by atoms with E-state index >= 15 is 0 Å². The molecule has 0 saturated carbocycles. The van der Waals surface area contributed by atoms with E-state index in [0.29, 0.717) is 16.8 Å². The summed E-state index contributed by atoms with van der Waals surface area (Å²) in [5, 5.41) is 4.07. The number of carbonyl (C=O) groups is 1. The van der Waals surface area contributed by atoms with E-state index in [1.165, 1.54) is 0 Å². The SMILES string of the molecule is O=C(c1cccnc1)c1c[nH]c2ncc(Nc3ccccc3)cc12. The number of carbonyl (C=O) groups excluding carboxylic acids is 1. The van der Waals surface area contributed by atoms with Crippen LogP contribution in [0.3, 0.4) is 0 Å². The molecule has 1 aromatic carbocycles. The van der Waals surface area contributed by atoms with E-state index in [0.717, 1.165) is 16.8 Å². The van der Waals surface area contributed by atoms with Gasteiger partial charge in [-0.25, -0.2) is 4.98 Å². The molecule has 5 nitrogen and oxygen atoms in total. The van der Waals surface area contributed by atoms with Crippen molar-refractivity contribution in [3.8, 4) is 0 Å². The molecule has 0 spiro atoms. The van der Waals surface area contributed by atoms with Crippen LogP contribution < -0.4 is 5.32 Å². The Morgan fingerprint density at radius 3 is 2.67 bits per heavy atom. The number of aromatic nitrogens is 3. The minimum atomic E-state index is -0.0759. The summed E-state index contributed by atoms with van der Waals surface area (Å²) in [5.41, 5.74) is 3.62. The van der Waals surface area contributed by atoms with E-state index in [1.807, 2.05) is 36.4 Å². The molecule has 2 N–H and O–H groups in total. The minimum absolute atomic E-state index is 0.0759. The number of para-hydroxylation sites is 1. The van der Waals surface area contributed by atoms with Crippen molar-refractivity contribution in [2.45, 2.75) is 0 Å². The number of aromatic amines is 1. The number of nitrogens with zero attached hydrogens (tertiary/aromatic N) is 2. The second-order valence-electron chi connectivity index (χ2n) is 5.38. The van der Waals surface area contributed by atoms with Gasteiger partial charge in [0.05, 0.1) is 11.9 Å². The molecule has 3 heterocycles. The first-order valence-electron chi connectivity index (χ1n) is 7.55. The quantitative estimate of drug-likeness (QED) is 0.560. The van der Waals surface area contributed by atoms with Crippen molar-refractivity contribution >= 4 is 28.2 Å². The van der Waals surface area contributed by atoms with Gasteiger partial charge in [-0.3, -0.25) is 9.78 Å². The summed E-state index contributed by atoms with van der Waals surface area (Å²) in [7, 11) is 0. The summed E-state index contributed by atoms with van der Waals surface area (Å²) >= 11 is 0. The Labute approximate surface area is 138 Å². The van der Waals surface area contributed by atoms with Crippen LogP contribution in [0.2, 0.25) is 0 Å². The first kappa shape index (κ1) is 14.1. The molecule has 0 fully saturated rings. The lowest BCUT2D eigenvalue weighted by Gasteiger charge is -2.06. The molecular formula is C19H14N4O. The monoisotopic (exact) mass is 314 g/mol. The van der Waals surface area contributed by atoms with E-state index < -0.39 is 0 Å². The van der Waals surface area contributed by atoms with E-state index in [4.69, 9.17) is 0 Å². The van der Waals surface area contributed by atoms with Crippen LogP contribution in [0.15, 0.2) is 73.3 Å². The average Bonchev–Trinajstić information content (AvgIpc) is 3.06. The van der Waals surface area contributed by atoms with Crippen LogP contribution in [0.4, 0.5) is 11.4 Å². The maximum atomic E-state index is 12.7. The summed E-state index contributed by atoms with van der Waals surface area (Å²) in [6.07, 6.45) is 6.65. The predicted molar refractivity (Wildman–Crippen MR) is 93.5 cm³/mol. The van der Waals surface area contributed by atoms with Gasteiger partial charge in [-0.15, -0.1) is 0 Å². The fraction of sp³-hybridized carbons (Fsp3) is 0. The zero-order valence-corrected chi connectivity index (χ0v) is 12.7. The largest absolute Gasteiger partial charge is 0.354 e. The molecular weight excluding hydrogens is 300 g/mol. The standard InChI is InChI=1S/C19H14N4O/c24-18(13-5-4-8-20-10-13)17-12-22-19-16(17)9-15(11-21-19)23-14-6-2-1-3-7-14/h1-12,23H,(H,21,22). The molecule has 3 aromatic heterocycles. The Morgan fingerprint density at radius 1 is 1.00 bits per heavy atom. The van der Waals surface area contributed by atoms with Crippen molar-refractivity contribution in [3.05, 3.63) is 84.4 Å². The number of fused-ring (bicyclic) bond motifs is 1. The van der Waals surface area contributed by atoms with Crippen LogP contribution in [0.5, 0.6) is 0 Å². The maximum absolute atomic E-state index is 12.7. The zero-order chi connectivity index (χ0) is 16.4. The average molecular weight is 314 g/mol. The molecule has 5 heteroatoms. The van der Waals surface area contributed by atoms with Gasteiger partial charge in [0.25, 0.3) is 0 Å². The van der Waals surface area contributed by atoms with Crippen LogP contribution in [0, 0.1) is 0 Å². The molecule has 4 rings (SSSR count). The second kappa shape index (κ2) is 5.96. The Kier molecular flexibility index (Phi) is 3.51. The summed E-state index contributed by atoms with van der Waals surface area (Å²) < 4.78 is 0. The topological polar surface area (TPSA) is 70.7 Å². The molecule has 0 saturated heterocycles. The maximum Gasteiger partial charge on any atom is 0.196 e. The van der Waals surface area contributed by atoms with Gasteiger partial charge in [-0.2, -0.15) is 0 Å². The second-order valence-corrected chi connectivity index (χ2v) is 5.38. The van der Waals surface area contributed by atoms with Gasteiger partial charge in [-0.05, 0) is 30.3 Å². The molecule has 0 unspecified atom stereocenters. The summed E-state index contributed by atoms with van der Waals surface area (Å²) in [4.78, 5) is 24.1. The van der Waals surface area contributed by atoms with Crippen LogP contribution in [0.1, 0.15) is 15.9 Å². The van der Waals surface area contributed by atoms with Gasteiger partial charge in [0, 0.05) is 40.8 Å². The molecule has 0 bridgehead atoms. The predicted octanol–water partition coefficient (Wildman–Crippen LogP) is 3.93. The number of ketones is 1. The van der Waals surface area contributed by atoms with E-state index in [-0.39, 0.29) is 5.78 Å². The molecule has 0 aliphatic rings. The van der Waals surface area contributed by atoms with E-state index in [1.54, 1.807) is 36.9 Å². The fourth-order valence-corrected chi connectivity index (χ4v) is 2.60. The number of hydrogen-bond acceptors (Lipinski definition) is 4. The highest BCUT2D eigenvalue weighted by molar-refractivity contribution is 6.16. The van der Waals surface area contributed by atoms with Crippen molar-refractivity contribution in [1.82, 2.24) is 15.0 Å². The molecule has 0 aliphatic carbocycles. The van der Waals surface area contributed by atoms with Crippen LogP contribution >= 0.6 is 0 Å². The van der Waals surface area contributed by atoms with E-state index in [9.17, 15) is 4.79 Å². The third-order valence-electron chi connectivity index (χ3n) is 3.76. The van der Waals surface area contributed by atoms with Gasteiger partial charge in [0.2, 0.25) is 0 Å². The Bertz CT molecular complexity index is 994. The van der Waals surface area contributed by atoms with Crippen molar-refractivity contribution < 1.29 is 4.79 Å². The molecule has 0 aliphatic heterocycles. The summed E-state index contributed by atoms with van der Waals surface area (Å²) in [5.74, 6) is -0.0759. The van der Waals surface area contributed by atoms with Crippen molar-refractivity contribution in [3.63, 3.8) is 0 Å². The van der Waals surface area contributed by atoms with Gasteiger partial charge in [0.1, 0.15) is 5.65 Å². The lowest BCUT2D eigenvalue weighted by atomic mass is 10.1. The Balaban J connectivity index is 1.72. The zero-order valence-electron chi connectivity index (χ0n) is 12.7.